The van der Waals surface area contributed by atoms with Crippen molar-refractivity contribution in [2.45, 2.75) is 71.7 Å². The van der Waals surface area contributed by atoms with E-state index in [9.17, 15) is 14.7 Å². The molecular weight excluding hydrogens is 396 g/mol. The molecule has 1 saturated carbocycles. The molecule has 0 saturated heterocycles. The smallest absolute Gasteiger partial charge is 0.338 e. The monoisotopic (exact) mass is 430 g/mol. The van der Waals surface area contributed by atoms with Gasteiger partial charge in [0, 0.05) is 24.7 Å². The van der Waals surface area contributed by atoms with Crippen molar-refractivity contribution in [3.63, 3.8) is 0 Å². The van der Waals surface area contributed by atoms with Gasteiger partial charge in [0.05, 0.1) is 18.3 Å². The van der Waals surface area contributed by atoms with E-state index >= 15 is 0 Å². The summed E-state index contributed by atoms with van der Waals surface area (Å²) in [5, 5.41) is 11.7. The summed E-state index contributed by atoms with van der Waals surface area (Å²) in [5.41, 5.74) is -0.180. The molecule has 5 atom stereocenters. The van der Waals surface area contributed by atoms with Crippen LogP contribution in [0.4, 0.5) is 0 Å². The lowest BCUT2D eigenvalue weighted by Gasteiger charge is -2.45. The van der Waals surface area contributed by atoms with Crippen LogP contribution in [0.25, 0.3) is 0 Å². The second kappa shape index (κ2) is 8.65. The van der Waals surface area contributed by atoms with Gasteiger partial charge in [-0.2, -0.15) is 0 Å². The molecule has 31 heavy (non-hydrogen) atoms. The molecule has 1 aromatic carbocycles. The number of rotatable bonds is 5. The van der Waals surface area contributed by atoms with Gasteiger partial charge in [0.1, 0.15) is 18.0 Å². The summed E-state index contributed by atoms with van der Waals surface area (Å²) in [5.74, 6) is -0.556. The van der Waals surface area contributed by atoms with E-state index in [-0.39, 0.29) is 17.8 Å². The van der Waals surface area contributed by atoms with Gasteiger partial charge in [-0.15, -0.1) is 0 Å². The first kappa shape index (κ1) is 23.3. The minimum Gasteiger partial charge on any atom is -0.497 e. The summed E-state index contributed by atoms with van der Waals surface area (Å²) >= 11 is 0. The van der Waals surface area contributed by atoms with Crippen molar-refractivity contribution in [1.82, 2.24) is 0 Å². The molecule has 1 N–H and O–H groups in total. The summed E-state index contributed by atoms with van der Waals surface area (Å²) in [4.78, 5) is 24.9. The molecule has 0 radical (unpaired) electrons. The van der Waals surface area contributed by atoms with Gasteiger partial charge in [-0.05, 0) is 56.0 Å². The van der Waals surface area contributed by atoms with Crippen LogP contribution in [0, 0.1) is 17.3 Å². The maximum Gasteiger partial charge on any atom is 0.338 e. The summed E-state index contributed by atoms with van der Waals surface area (Å²) in [7, 11) is 1.57. The van der Waals surface area contributed by atoms with Gasteiger partial charge in [0.25, 0.3) is 0 Å². The third kappa shape index (κ3) is 4.36. The van der Waals surface area contributed by atoms with Crippen molar-refractivity contribution >= 4 is 11.9 Å². The standard InChI is InChI=1S/C25H34O6/c1-15(2)25(28)12-11-24(5)21(30-17(4)26)14-16(3)13-20(22(24)25)31-23(27)18-7-9-19(29-6)10-8-18/h7-10,14-15,20-22,28H,11-13H2,1-6H3/t20-,21+,22+,24+,25+/m0/s1. The van der Waals surface area contributed by atoms with Gasteiger partial charge in [0.2, 0.25) is 0 Å². The van der Waals surface area contributed by atoms with Gasteiger partial charge in [-0.1, -0.05) is 26.3 Å². The molecule has 3 rings (SSSR count). The van der Waals surface area contributed by atoms with E-state index in [1.165, 1.54) is 6.92 Å². The average molecular weight is 431 g/mol. The number of fused-ring (bicyclic) bond motifs is 1. The molecule has 0 spiro atoms. The minimum atomic E-state index is -1.03. The number of benzene rings is 1. The third-order valence-corrected chi connectivity index (χ3v) is 7.17. The van der Waals surface area contributed by atoms with Crippen LogP contribution in [-0.4, -0.2) is 42.0 Å². The predicted molar refractivity (Wildman–Crippen MR) is 117 cm³/mol. The highest BCUT2D eigenvalue weighted by Crippen LogP contribution is 2.58. The van der Waals surface area contributed by atoms with Crippen molar-refractivity contribution < 1.29 is 28.9 Å². The largest absolute Gasteiger partial charge is 0.497 e. The average Bonchev–Trinajstić information content (AvgIpc) is 2.94. The number of hydrogen-bond acceptors (Lipinski definition) is 6. The van der Waals surface area contributed by atoms with E-state index in [4.69, 9.17) is 14.2 Å². The highest BCUT2D eigenvalue weighted by molar-refractivity contribution is 5.89. The second-order valence-electron chi connectivity index (χ2n) is 9.55. The SMILES string of the molecule is COc1ccc(C(=O)O[C@H]2CC(C)=C[C@@H](OC(C)=O)[C@@]3(C)CC[C@@](O)(C(C)C)[C@H]23)cc1. The molecular formula is C25H34O6. The Morgan fingerprint density at radius 1 is 1.13 bits per heavy atom. The molecule has 6 nitrogen and oxygen atoms in total. The minimum absolute atomic E-state index is 0.0436. The first-order chi connectivity index (χ1) is 14.5. The molecule has 0 amide bonds. The lowest BCUT2D eigenvalue weighted by Crippen LogP contribution is -2.53. The summed E-state index contributed by atoms with van der Waals surface area (Å²) in [6.07, 6.45) is 2.66. The second-order valence-corrected chi connectivity index (χ2v) is 9.55. The number of methoxy groups -OCH3 is 1. The van der Waals surface area contributed by atoms with Crippen molar-refractivity contribution in [3.05, 3.63) is 41.5 Å². The van der Waals surface area contributed by atoms with Crippen LogP contribution in [0.3, 0.4) is 0 Å². The van der Waals surface area contributed by atoms with Crippen LogP contribution < -0.4 is 4.74 Å². The van der Waals surface area contributed by atoms with Crippen LogP contribution >= 0.6 is 0 Å². The van der Waals surface area contributed by atoms with E-state index in [1.54, 1.807) is 31.4 Å². The molecule has 6 heteroatoms. The van der Waals surface area contributed by atoms with Gasteiger partial charge in [0.15, 0.2) is 0 Å². The first-order valence-corrected chi connectivity index (χ1v) is 10.9. The van der Waals surface area contributed by atoms with Crippen LogP contribution in [0.5, 0.6) is 5.75 Å². The molecule has 0 aliphatic heterocycles. The number of ether oxygens (including phenoxy) is 3. The molecule has 2 aliphatic carbocycles. The van der Waals surface area contributed by atoms with Crippen molar-refractivity contribution in [3.8, 4) is 5.75 Å². The van der Waals surface area contributed by atoms with Gasteiger partial charge in [-0.25, -0.2) is 4.79 Å². The van der Waals surface area contributed by atoms with E-state index in [0.717, 1.165) is 5.57 Å². The molecule has 0 unspecified atom stereocenters. The molecule has 0 aromatic heterocycles. The van der Waals surface area contributed by atoms with Gasteiger partial charge < -0.3 is 19.3 Å². The fourth-order valence-corrected chi connectivity index (χ4v) is 5.41. The number of carbonyl (C=O) groups is 2. The Labute approximate surface area is 184 Å². The number of aliphatic hydroxyl groups is 1. The normalized spacial score (nSPS) is 32.6. The number of carbonyl (C=O) groups excluding carboxylic acids is 2. The Morgan fingerprint density at radius 3 is 2.32 bits per heavy atom. The highest BCUT2D eigenvalue weighted by atomic mass is 16.6. The molecule has 170 valence electrons. The molecule has 0 heterocycles. The lowest BCUT2D eigenvalue weighted by atomic mass is 9.66. The van der Waals surface area contributed by atoms with E-state index < -0.39 is 29.2 Å². The van der Waals surface area contributed by atoms with Crippen LogP contribution in [0.2, 0.25) is 0 Å². The van der Waals surface area contributed by atoms with Gasteiger partial charge >= 0.3 is 11.9 Å². The van der Waals surface area contributed by atoms with E-state index in [2.05, 4.69) is 0 Å². The topological polar surface area (TPSA) is 82.1 Å². The zero-order valence-electron chi connectivity index (χ0n) is 19.3. The number of hydrogen-bond donors (Lipinski definition) is 1. The fourth-order valence-electron chi connectivity index (χ4n) is 5.41. The molecule has 2 aliphatic rings. The molecule has 0 bridgehead atoms. The van der Waals surface area contributed by atoms with Crippen LogP contribution in [0.1, 0.15) is 64.2 Å². The van der Waals surface area contributed by atoms with E-state index in [0.29, 0.717) is 30.6 Å². The third-order valence-electron chi connectivity index (χ3n) is 7.17. The lowest BCUT2D eigenvalue weighted by molar-refractivity contribution is -0.161. The number of esters is 2. The Balaban J connectivity index is 1.98. The molecule has 1 fully saturated rings. The Hall–Kier alpha value is -2.34. The highest BCUT2D eigenvalue weighted by Gasteiger charge is 2.63. The summed E-state index contributed by atoms with van der Waals surface area (Å²) in [6, 6.07) is 6.78. The zero-order valence-corrected chi connectivity index (χ0v) is 19.3. The fraction of sp³-hybridized carbons (Fsp3) is 0.600. The van der Waals surface area contributed by atoms with Crippen LogP contribution in [-0.2, 0) is 14.3 Å². The quantitative estimate of drug-likeness (QED) is 0.554. The maximum absolute atomic E-state index is 13.0. The first-order valence-electron chi connectivity index (χ1n) is 10.9. The van der Waals surface area contributed by atoms with Crippen molar-refractivity contribution in [1.29, 1.82) is 0 Å². The van der Waals surface area contributed by atoms with Crippen molar-refractivity contribution in [2.75, 3.05) is 7.11 Å². The maximum atomic E-state index is 13.0. The van der Waals surface area contributed by atoms with Crippen molar-refractivity contribution in [2.24, 2.45) is 17.3 Å². The van der Waals surface area contributed by atoms with E-state index in [1.807, 2.05) is 33.8 Å². The molecule has 1 aromatic rings. The Kier molecular flexibility index (Phi) is 6.51. The predicted octanol–water partition coefficient (Wildman–Crippen LogP) is 4.31. The Bertz CT molecular complexity index is 857. The summed E-state index contributed by atoms with van der Waals surface area (Å²) < 4.78 is 16.9. The Morgan fingerprint density at radius 2 is 1.77 bits per heavy atom. The van der Waals surface area contributed by atoms with Crippen LogP contribution in [0.15, 0.2) is 35.9 Å². The zero-order chi connectivity index (χ0) is 23.0. The van der Waals surface area contributed by atoms with Gasteiger partial charge in [-0.3, -0.25) is 4.79 Å². The summed E-state index contributed by atoms with van der Waals surface area (Å²) in [6.45, 7) is 9.36.